The Morgan fingerprint density at radius 1 is 1.11 bits per heavy atom. The van der Waals surface area contributed by atoms with Crippen molar-refractivity contribution in [2.45, 2.75) is 19.5 Å². The summed E-state index contributed by atoms with van der Waals surface area (Å²) in [7, 11) is 0. The molecule has 0 bridgehead atoms. The average molecular weight is 378 g/mol. The van der Waals surface area contributed by atoms with Gasteiger partial charge in [0.15, 0.2) is 0 Å². The molecule has 1 unspecified atom stereocenters. The fourth-order valence-electron chi connectivity index (χ4n) is 3.23. The highest BCUT2D eigenvalue weighted by molar-refractivity contribution is 7.17. The first-order valence-corrected chi connectivity index (χ1v) is 9.67. The zero-order chi connectivity index (χ0) is 18.8. The number of amides is 1. The predicted molar refractivity (Wildman–Crippen MR) is 108 cm³/mol. The molecular formula is C22H19FN2OS. The molecule has 27 heavy (non-hydrogen) atoms. The van der Waals surface area contributed by atoms with Crippen molar-refractivity contribution in [3.05, 3.63) is 94.7 Å². The Morgan fingerprint density at radius 3 is 2.63 bits per heavy atom. The standard InChI is InChI=1S/C22H19FN2OS/c1-15(16-7-3-2-4-8-16)24-22(26)20-13-21-19(11-12-27-21)25(20)14-17-9-5-6-10-18(17)23/h2-13,15H,14H2,1H3,(H,24,26). The van der Waals surface area contributed by atoms with E-state index in [1.54, 1.807) is 23.5 Å². The highest BCUT2D eigenvalue weighted by Gasteiger charge is 2.19. The Bertz CT molecular complexity index is 1080. The number of nitrogens with one attached hydrogen (secondary N) is 1. The van der Waals surface area contributed by atoms with E-state index < -0.39 is 0 Å². The number of rotatable bonds is 5. The van der Waals surface area contributed by atoms with Crippen LogP contribution in [-0.2, 0) is 6.54 Å². The van der Waals surface area contributed by atoms with E-state index in [9.17, 15) is 9.18 Å². The van der Waals surface area contributed by atoms with Crippen LogP contribution in [0.25, 0.3) is 10.2 Å². The second kappa shape index (κ2) is 7.37. The van der Waals surface area contributed by atoms with E-state index in [1.807, 2.05) is 65.4 Å². The second-order valence-corrected chi connectivity index (χ2v) is 7.43. The highest BCUT2D eigenvalue weighted by Crippen LogP contribution is 2.27. The van der Waals surface area contributed by atoms with Crippen LogP contribution >= 0.6 is 11.3 Å². The van der Waals surface area contributed by atoms with Gasteiger partial charge in [-0.3, -0.25) is 4.79 Å². The van der Waals surface area contributed by atoms with E-state index in [2.05, 4.69) is 5.32 Å². The molecule has 1 amide bonds. The van der Waals surface area contributed by atoms with Crippen LogP contribution in [0.3, 0.4) is 0 Å². The van der Waals surface area contributed by atoms with Gasteiger partial charge in [0.25, 0.3) is 5.91 Å². The molecule has 0 saturated carbocycles. The summed E-state index contributed by atoms with van der Waals surface area (Å²) in [6, 6.07) is 20.2. The van der Waals surface area contributed by atoms with Gasteiger partial charge in [0.05, 0.1) is 22.8 Å². The Kier molecular flexibility index (Phi) is 4.77. The van der Waals surface area contributed by atoms with Crippen molar-refractivity contribution in [2.24, 2.45) is 0 Å². The van der Waals surface area contributed by atoms with Gasteiger partial charge in [0, 0.05) is 5.56 Å². The van der Waals surface area contributed by atoms with E-state index >= 15 is 0 Å². The first-order chi connectivity index (χ1) is 13.1. The number of hydrogen-bond acceptors (Lipinski definition) is 2. The van der Waals surface area contributed by atoms with Crippen molar-refractivity contribution in [3.63, 3.8) is 0 Å². The van der Waals surface area contributed by atoms with Gasteiger partial charge in [-0.15, -0.1) is 11.3 Å². The number of aromatic nitrogens is 1. The lowest BCUT2D eigenvalue weighted by Crippen LogP contribution is -2.28. The summed E-state index contributed by atoms with van der Waals surface area (Å²) in [5.41, 5.74) is 3.09. The van der Waals surface area contributed by atoms with Crippen molar-refractivity contribution in [1.82, 2.24) is 9.88 Å². The van der Waals surface area contributed by atoms with Gasteiger partial charge in [-0.1, -0.05) is 48.5 Å². The molecule has 3 nitrogen and oxygen atoms in total. The number of thiophene rings is 1. The quantitative estimate of drug-likeness (QED) is 0.497. The van der Waals surface area contributed by atoms with Crippen LogP contribution in [0.15, 0.2) is 72.1 Å². The smallest absolute Gasteiger partial charge is 0.268 e. The number of halogens is 1. The SMILES string of the molecule is CC(NC(=O)c1cc2sccc2n1Cc1ccccc1F)c1ccccc1. The molecule has 4 rings (SSSR count). The lowest BCUT2D eigenvalue weighted by molar-refractivity contribution is 0.0931. The maximum absolute atomic E-state index is 14.2. The van der Waals surface area contributed by atoms with Crippen molar-refractivity contribution < 1.29 is 9.18 Å². The van der Waals surface area contributed by atoms with Crippen molar-refractivity contribution >= 4 is 27.5 Å². The number of carbonyl (C=O) groups is 1. The van der Waals surface area contributed by atoms with Crippen LogP contribution in [0, 0.1) is 5.82 Å². The molecule has 0 aliphatic carbocycles. The van der Waals surface area contributed by atoms with Gasteiger partial charge in [0.1, 0.15) is 11.5 Å². The summed E-state index contributed by atoms with van der Waals surface area (Å²) in [6.45, 7) is 2.27. The van der Waals surface area contributed by atoms with Crippen LogP contribution in [0.5, 0.6) is 0 Å². The summed E-state index contributed by atoms with van der Waals surface area (Å²) < 4.78 is 17.1. The monoisotopic (exact) mass is 378 g/mol. The molecule has 5 heteroatoms. The zero-order valence-electron chi connectivity index (χ0n) is 14.9. The molecule has 1 atom stereocenters. The van der Waals surface area contributed by atoms with Gasteiger partial charge in [0.2, 0.25) is 0 Å². The molecule has 0 saturated heterocycles. The number of fused-ring (bicyclic) bond motifs is 1. The summed E-state index contributed by atoms with van der Waals surface area (Å²) in [4.78, 5) is 13.0. The van der Waals surface area contributed by atoms with Crippen LogP contribution < -0.4 is 5.32 Å². The minimum absolute atomic E-state index is 0.117. The van der Waals surface area contributed by atoms with Crippen LogP contribution in [0.2, 0.25) is 0 Å². The zero-order valence-corrected chi connectivity index (χ0v) is 15.7. The Hall–Kier alpha value is -2.92. The first-order valence-electron chi connectivity index (χ1n) is 8.79. The maximum Gasteiger partial charge on any atom is 0.268 e. The molecule has 2 aromatic heterocycles. The third-order valence-corrected chi connectivity index (χ3v) is 5.54. The average Bonchev–Trinajstić information content (AvgIpc) is 3.27. The molecule has 0 aliphatic rings. The van der Waals surface area contributed by atoms with Gasteiger partial charge >= 0.3 is 0 Å². The number of benzene rings is 2. The second-order valence-electron chi connectivity index (χ2n) is 6.48. The molecule has 0 radical (unpaired) electrons. The van der Waals surface area contributed by atoms with Gasteiger partial charge in [-0.05, 0) is 36.1 Å². The third kappa shape index (κ3) is 3.51. The Balaban J connectivity index is 1.66. The summed E-state index contributed by atoms with van der Waals surface area (Å²) in [5.74, 6) is -0.426. The van der Waals surface area contributed by atoms with Crippen LogP contribution in [-0.4, -0.2) is 10.5 Å². The molecule has 136 valence electrons. The molecule has 2 aromatic carbocycles. The van der Waals surface area contributed by atoms with Crippen molar-refractivity contribution in [1.29, 1.82) is 0 Å². The normalized spacial score (nSPS) is 12.2. The Morgan fingerprint density at radius 2 is 1.85 bits per heavy atom. The third-order valence-electron chi connectivity index (χ3n) is 4.69. The molecule has 1 N–H and O–H groups in total. The van der Waals surface area contributed by atoms with E-state index in [-0.39, 0.29) is 17.8 Å². The summed E-state index contributed by atoms with van der Waals surface area (Å²) in [6.07, 6.45) is 0. The van der Waals surface area contributed by atoms with E-state index in [1.165, 1.54) is 6.07 Å². The molecule has 2 heterocycles. The molecule has 4 aromatic rings. The van der Waals surface area contributed by atoms with E-state index in [0.717, 1.165) is 15.8 Å². The largest absolute Gasteiger partial charge is 0.344 e. The minimum atomic E-state index is -0.265. The Labute approximate surface area is 161 Å². The topological polar surface area (TPSA) is 34.0 Å². The van der Waals surface area contributed by atoms with Crippen LogP contribution in [0.4, 0.5) is 4.39 Å². The lowest BCUT2D eigenvalue weighted by atomic mass is 10.1. The van der Waals surface area contributed by atoms with Crippen molar-refractivity contribution in [3.8, 4) is 0 Å². The molecule has 0 spiro atoms. The highest BCUT2D eigenvalue weighted by atomic mass is 32.1. The van der Waals surface area contributed by atoms with Gasteiger partial charge < -0.3 is 9.88 Å². The fourth-order valence-corrected chi connectivity index (χ4v) is 4.05. The number of nitrogens with zero attached hydrogens (tertiary/aromatic N) is 1. The van der Waals surface area contributed by atoms with E-state index in [4.69, 9.17) is 0 Å². The maximum atomic E-state index is 14.2. The number of carbonyl (C=O) groups excluding carboxylic acids is 1. The fraction of sp³-hybridized carbons (Fsp3) is 0.136. The van der Waals surface area contributed by atoms with Crippen LogP contribution in [0.1, 0.15) is 34.6 Å². The van der Waals surface area contributed by atoms with E-state index in [0.29, 0.717) is 17.8 Å². The summed E-state index contributed by atoms with van der Waals surface area (Å²) >= 11 is 1.58. The van der Waals surface area contributed by atoms with Crippen molar-refractivity contribution in [2.75, 3.05) is 0 Å². The number of hydrogen-bond donors (Lipinski definition) is 1. The first kappa shape index (κ1) is 17.5. The minimum Gasteiger partial charge on any atom is -0.344 e. The predicted octanol–water partition coefficient (Wildman–Crippen LogP) is 5.38. The van der Waals surface area contributed by atoms with Gasteiger partial charge in [-0.25, -0.2) is 4.39 Å². The molecule has 0 aliphatic heterocycles. The molecule has 0 fully saturated rings. The lowest BCUT2D eigenvalue weighted by Gasteiger charge is -2.16. The molecular weight excluding hydrogens is 359 g/mol. The summed E-state index contributed by atoms with van der Waals surface area (Å²) in [5, 5.41) is 5.04. The van der Waals surface area contributed by atoms with Gasteiger partial charge in [-0.2, -0.15) is 0 Å².